The number of carboxylic acids is 1. The lowest BCUT2D eigenvalue weighted by Gasteiger charge is -2.44. The van der Waals surface area contributed by atoms with Crippen molar-refractivity contribution in [3.63, 3.8) is 0 Å². The number of hydrogen-bond acceptors (Lipinski definition) is 8. The largest absolute Gasteiger partial charge is 0.481 e. The number of hydrogen-bond donors (Lipinski definition) is 3. The van der Waals surface area contributed by atoms with E-state index in [9.17, 15) is 19.2 Å². The first-order chi connectivity index (χ1) is 13.5. The van der Waals surface area contributed by atoms with Crippen LogP contribution in [0.25, 0.3) is 0 Å². The molecule has 29 heavy (non-hydrogen) atoms. The van der Waals surface area contributed by atoms with Gasteiger partial charge in [0.15, 0.2) is 5.12 Å². The maximum atomic E-state index is 12.5. The van der Waals surface area contributed by atoms with Crippen molar-refractivity contribution in [3.8, 4) is 0 Å². The zero-order chi connectivity index (χ0) is 22.1. The Morgan fingerprint density at radius 3 is 2.41 bits per heavy atom. The molecule has 1 aliphatic rings. The number of carbonyl (C=O) groups is 4. The first-order valence-electron chi connectivity index (χ1n) is 9.28. The summed E-state index contributed by atoms with van der Waals surface area (Å²) in [7, 11) is 1.43. The number of thioether (sulfide) groups is 1. The van der Waals surface area contributed by atoms with Crippen molar-refractivity contribution >= 4 is 34.7 Å². The number of rotatable bonds is 11. The van der Waals surface area contributed by atoms with Crippen molar-refractivity contribution in [2.75, 3.05) is 32.6 Å². The van der Waals surface area contributed by atoms with Crippen LogP contribution in [-0.2, 0) is 33.4 Å². The van der Waals surface area contributed by atoms with Crippen LogP contribution in [0.4, 0.5) is 0 Å². The van der Waals surface area contributed by atoms with Crippen LogP contribution in [0.15, 0.2) is 0 Å². The minimum atomic E-state index is -1.30. The molecule has 1 unspecified atom stereocenters. The van der Waals surface area contributed by atoms with Gasteiger partial charge in [-0.3, -0.25) is 19.2 Å². The Balaban J connectivity index is 2.26. The molecule has 0 aliphatic carbocycles. The molecule has 0 radical (unpaired) electrons. The van der Waals surface area contributed by atoms with E-state index in [-0.39, 0.29) is 55.9 Å². The van der Waals surface area contributed by atoms with E-state index in [4.69, 9.17) is 19.3 Å². The molecule has 1 rings (SSSR count). The number of methoxy groups -OCH3 is 1. The third-order valence-electron chi connectivity index (χ3n) is 4.24. The summed E-state index contributed by atoms with van der Waals surface area (Å²) in [6.45, 7) is 5.96. The summed E-state index contributed by atoms with van der Waals surface area (Å²) in [5.74, 6) is -2.58. The summed E-state index contributed by atoms with van der Waals surface area (Å²) in [5.41, 5.74) is -0.561. The molecule has 0 aromatic heterocycles. The summed E-state index contributed by atoms with van der Waals surface area (Å²) >= 11 is 0.983. The van der Waals surface area contributed by atoms with Crippen LogP contribution < -0.4 is 10.6 Å². The second-order valence-electron chi connectivity index (χ2n) is 7.35. The summed E-state index contributed by atoms with van der Waals surface area (Å²) in [6.07, 6.45) is -0.950. The normalized spacial score (nSPS) is 23.2. The number of ether oxygens (including phenoxy) is 3. The molecule has 1 aliphatic heterocycles. The van der Waals surface area contributed by atoms with Gasteiger partial charge in [-0.05, 0) is 0 Å². The first-order valence-corrected chi connectivity index (χ1v) is 10.3. The summed E-state index contributed by atoms with van der Waals surface area (Å²) in [5, 5.41) is 13.6. The Hall–Kier alpha value is -1.69. The van der Waals surface area contributed by atoms with Crippen LogP contribution >= 0.6 is 11.8 Å². The van der Waals surface area contributed by atoms with Gasteiger partial charge in [0.25, 0.3) is 5.97 Å². The smallest absolute Gasteiger partial charge is 0.303 e. The molecule has 1 heterocycles. The van der Waals surface area contributed by atoms with E-state index in [2.05, 4.69) is 10.6 Å². The van der Waals surface area contributed by atoms with E-state index in [1.165, 1.54) is 7.11 Å². The second kappa shape index (κ2) is 11.5. The van der Waals surface area contributed by atoms with Gasteiger partial charge in [-0.25, -0.2) is 0 Å². The molecule has 10 nitrogen and oxygen atoms in total. The molecule has 0 aromatic rings. The van der Waals surface area contributed by atoms with Crippen molar-refractivity contribution in [1.82, 2.24) is 10.6 Å². The predicted molar refractivity (Wildman–Crippen MR) is 105 cm³/mol. The zero-order valence-electron chi connectivity index (χ0n) is 17.2. The SMILES string of the molecule is COC1(C)OCC(C)(C)[C@H](C(=O)NCCC(=O)NCCSC(=O)CCC(=O)O)O1. The lowest BCUT2D eigenvalue weighted by Crippen LogP contribution is -2.58. The summed E-state index contributed by atoms with van der Waals surface area (Å²) < 4.78 is 16.3. The average Bonchev–Trinajstić information content (AvgIpc) is 2.65. The van der Waals surface area contributed by atoms with Crippen molar-refractivity contribution in [2.45, 2.75) is 52.1 Å². The number of carboxylic acid groups (broad SMARTS) is 1. The van der Waals surface area contributed by atoms with Crippen molar-refractivity contribution < 1.29 is 38.5 Å². The van der Waals surface area contributed by atoms with Gasteiger partial charge in [-0.2, -0.15) is 0 Å². The molecule has 2 amide bonds. The highest BCUT2D eigenvalue weighted by Crippen LogP contribution is 2.35. The molecule has 2 atom stereocenters. The highest BCUT2D eigenvalue weighted by Gasteiger charge is 2.48. The fraction of sp³-hybridized carbons (Fsp3) is 0.778. The Morgan fingerprint density at radius 2 is 1.79 bits per heavy atom. The molecular formula is C18H30N2O8S. The van der Waals surface area contributed by atoms with E-state index in [1.807, 2.05) is 13.8 Å². The summed E-state index contributed by atoms with van der Waals surface area (Å²) in [4.78, 5) is 46.1. The molecule has 0 spiro atoms. The van der Waals surface area contributed by atoms with E-state index >= 15 is 0 Å². The minimum Gasteiger partial charge on any atom is -0.481 e. The van der Waals surface area contributed by atoms with Gasteiger partial charge >= 0.3 is 5.97 Å². The lowest BCUT2D eigenvalue weighted by atomic mass is 9.86. The maximum absolute atomic E-state index is 12.5. The number of aliphatic carboxylic acids is 1. The Labute approximate surface area is 174 Å². The minimum absolute atomic E-state index is 0.0350. The van der Waals surface area contributed by atoms with Crippen LogP contribution in [-0.4, -0.2) is 72.6 Å². The van der Waals surface area contributed by atoms with E-state index in [0.717, 1.165) is 11.8 Å². The van der Waals surface area contributed by atoms with E-state index in [0.29, 0.717) is 5.75 Å². The van der Waals surface area contributed by atoms with Gasteiger partial charge in [0.1, 0.15) is 6.10 Å². The van der Waals surface area contributed by atoms with Crippen molar-refractivity contribution in [2.24, 2.45) is 5.41 Å². The molecule has 11 heteroatoms. The number of carbonyl (C=O) groups excluding carboxylic acids is 3. The monoisotopic (exact) mass is 434 g/mol. The Morgan fingerprint density at radius 1 is 1.10 bits per heavy atom. The molecule has 1 fully saturated rings. The Kier molecular flexibility index (Phi) is 10.0. The quantitative estimate of drug-likeness (QED) is 0.396. The fourth-order valence-corrected chi connectivity index (χ4v) is 3.11. The zero-order valence-corrected chi connectivity index (χ0v) is 18.1. The van der Waals surface area contributed by atoms with Crippen LogP contribution in [0.5, 0.6) is 0 Å². The van der Waals surface area contributed by atoms with Crippen molar-refractivity contribution in [3.05, 3.63) is 0 Å². The van der Waals surface area contributed by atoms with Crippen molar-refractivity contribution in [1.29, 1.82) is 0 Å². The second-order valence-corrected chi connectivity index (χ2v) is 8.50. The van der Waals surface area contributed by atoms with Crippen LogP contribution in [0, 0.1) is 5.41 Å². The molecule has 0 bridgehead atoms. The van der Waals surface area contributed by atoms with Crippen LogP contribution in [0.3, 0.4) is 0 Å². The highest BCUT2D eigenvalue weighted by molar-refractivity contribution is 8.13. The topological polar surface area (TPSA) is 140 Å². The molecule has 3 N–H and O–H groups in total. The average molecular weight is 435 g/mol. The van der Waals surface area contributed by atoms with Gasteiger partial charge in [-0.1, -0.05) is 25.6 Å². The van der Waals surface area contributed by atoms with Gasteiger partial charge in [-0.15, -0.1) is 0 Å². The van der Waals surface area contributed by atoms with Gasteiger partial charge in [0, 0.05) is 51.1 Å². The highest BCUT2D eigenvalue weighted by atomic mass is 32.2. The van der Waals surface area contributed by atoms with Gasteiger partial charge in [0.2, 0.25) is 11.8 Å². The Bertz CT molecular complexity index is 613. The third kappa shape index (κ3) is 9.11. The first kappa shape index (κ1) is 25.3. The van der Waals surface area contributed by atoms with Gasteiger partial charge < -0.3 is 30.0 Å². The standard InChI is InChI=1S/C18H30N2O8S/c1-17(2)11-27-18(3,26-4)28-15(17)16(25)20-8-7-12(21)19-9-10-29-14(24)6-5-13(22)23/h15H,5-11H2,1-4H3,(H,19,21)(H,20,25)(H,22,23)/t15-,18?/m0/s1. The predicted octanol–water partition coefficient (Wildman–Crippen LogP) is 0.495. The maximum Gasteiger partial charge on any atom is 0.303 e. The molecule has 1 saturated heterocycles. The number of nitrogens with one attached hydrogen (secondary N) is 2. The van der Waals surface area contributed by atoms with E-state index < -0.39 is 23.5 Å². The molecular weight excluding hydrogens is 404 g/mol. The lowest BCUT2D eigenvalue weighted by molar-refractivity contribution is -0.413. The van der Waals surface area contributed by atoms with Gasteiger partial charge in [0.05, 0.1) is 13.0 Å². The molecule has 166 valence electrons. The molecule has 0 saturated carbocycles. The third-order valence-corrected chi connectivity index (χ3v) is 5.17. The van der Waals surface area contributed by atoms with E-state index in [1.54, 1.807) is 6.92 Å². The molecule has 0 aromatic carbocycles. The van der Waals surface area contributed by atoms with Crippen LogP contribution in [0.2, 0.25) is 0 Å². The van der Waals surface area contributed by atoms with Crippen LogP contribution in [0.1, 0.15) is 40.0 Å². The number of amides is 2. The summed E-state index contributed by atoms with van der Waals surface area (Å²) in [6, 6.07) is 0. The fourth-order valence-electron chi connectivity index (χ4n) is 2.43.